The lowest BCUT2D eigenvalue weighted by Crippen LogP contribution is -2.21. The molecule has 25 heavy (non-hydrogen) atoms. The first-order valence-corrected chi connectivity index (χ1v) is 7.38. The van der Waals surface area contributed by atoms with E-state index >= 15 is 0 Å². The van der Waals surface area contributed by atoms with Crippen LogP contribution in [0.4, 0.5) is 18.9 Å². The van der Waals surface area contributed by atoms with Crippen molar-refractivity contribution in [1.82, 2.24) is 15.2 Å². The largest absolute Gasteiger partial charge is 0.490 e. The molecule has 0 bridgehead atoms. The zero-order valence-electron chi connectivity index (χ0n) is 12.3. The first-order valence-electron chi connectivity index (χ1n) is 6.40. The second kappa shape index (κ2) is 8.98. The molecule has 9 nitrogen and oxygen atoms in total. The topological polar surface area (TPSA) is 148 Å². The Hall–Kier alpha value is -2.67. The highest BCUT2D eigenvalue weighted by atomic mass is 32.2. The molecule has 1 atom stereocenters. The fraction of sp³-hybridized carbons (Fsp3) is 0.250. The Balaban J connectivity index is 0.000000381. The summed E-state index contributed by atoms with van der Waals surface area (Å²) in [4.78, 5) is 23.1. The molecule has 0 aliphatic rings. The number of nitro benzene ring substituents is 1. The van der Waals surface area contributed by atoms with E-state index in [4.69, 9.17) is 15.6 Å². The smallest absolute Gasteiger partial charge is 0.475 e. The fourth-order valence-corrected chi connectivity index (χ4v) is 2.16. The number of halogens is 3. The molecule has 0 saturated heterocycles. The Bertz CT molecular complexity index is 711. The van der Waals surface area contributed by atoms with Crippen molar-refractivity contribution in [2.24, 2.45) is 5.73 Å². The fourth-order valence-electron chi connectivity index (χ4n) is 1.40. The van der Waals surface area contributed by atoms with Crippen molar-refractivity contribution < 1.29 is 28.0 Å². The van der Waals surface area contributed by atoms with Crippen LogP contribution in [0.25, 0.3) is 0 Å². The minimum atomic E-state index is -5.08. The Morgan fingerprint density at radius 3 is 2.60 bits per heavy atom. The molecule has 1 aromatic heterocycles. The molecule has 0 amide bonds. The van der Waals surface area contributed by atoms with E-state index in [1.807, 2.05) is 0 Å². The molecule has 136 valence electrons. The number of hydrogen-bond acceptors (Lipinski definition) is 7. The molecular formula is C12H12F3N5O4S. The summed E-state index contributed by atoms with van der Waals surface area (Å²) in [7, 11) is 0. The molecule has 4 N–H and O–H groups in total. The van der Waals surface area contributed by atoms with Gasteiger partial charge in [0, 0.05) is 23.9 Å². The Labute approximate surface area is 142 Å². The lowest BCUT2D eigenvalue weighted by Gasteiger charge is -2.09. The van der Waals surface area contributed by atoms with E-state index in [9.17, 15) is 23.3 Å². The van der Waals surface area contributed by atoms with Crippen LogP contribution in [0.5, 0.6) is 0 Å². The summed E-state index contributed by atoms with van der Waals surface area (Å²) in [5.41, 5.74) is 6.75. The average molecular weight is 379 g/mol. The molecule has 1 unspecified atom stereocenters. The maximum absolute atomic E-state index is 10.7. The Morgan fingerprint density at radius 1 is 1.48 bits per heavy atom. The number of aromatic amines is 1. The van der Waals surface area contributed by atoms with Gasteiger partial charge < -0.3 is 10.8 Å². The van der Waals surface area contributed by atoms with Gasteiger partial charge in [0.15, 0.2) is 0 Å². The SMILES string of the molecule is NC(CSc1nc[nH]n1)c1cccc([N+](=O)[O-])c1.O=C(O)C(F)(F)F. The van der Waals surface area contributed by atoms with Crippen LogP contribution in [-0.2, 0) is 4.79 Å². The van der Waals surface area contributed by atoms with Crippen LogP contribution >= 0.6 is 11.8 Å². The highest BCUT2D eigenvalue weighted by molar-refractivity contribution is 7.99. The number of benzene rings is 1. The van der Waals surface area contributed by atoms with E-state index in [1.54, 1.807) is 12.1 Å². The predicted molar refractivity (Wildman–Crippen MR) is 80.8 cm³/mol. The molecule has 13 heteroatoms. The van der Waals surface area contributed by atoms with Gasteiger partial charge in [0.2, 0.25) is 5.16 Å². The van der Waals surface area contributed by atoms with Gasteiger partial charge in [0.1, 0.15) is 6.33 Å². The van der Waals surface area contributed by atoms with Crippen molar-refractivity contribution in [3.63, 3.8) is 0 Å². The number of carboxylic acid groups (broad SMARTS) is 1. The van der Waals surface area contributed by atoms with E-state index < -0.39 is 17.1 Å². The van der Waals surface area contributed by atoms with Crippen LogP contribution in [0.15, 0.2) is 35.7 Å². The van der Waals surface area contributed by atoms with E-state index in [0.717, 1.165) is 5.56 Å². The molecule has 0 radical (unpaired) electrons. The third-order valence-electron chi connectivity index (χ3n) is 2.54. The third kappa shape index (κ3) is 7.17. The second-order valence-corrected chi connectivity index (χ2v) is 5.34. The highest BCUT2D eigenvalue weighted by Crippen LogP contribution is 2.22. The summed E-state index contributed by atoms with van der Waals surface area (Å²) in [6, 6.07) is 6.04. The lowest BCUT2D eigenvalue weighted by molar-refractivity contribution is -0.384. The first-order chi connectivity index (χ1) is 11.6. The summed E-state index contributed by atoms with van der Waals surface area (Å²) in [5, 5.41) is 24.9. The maximum Gasteiger partial charge on any atom is 0.490 e. The molecule has 0 saturated carbocycles. The molecule has 1 heterocycles. The van der Waals surface area contributed by atoms with Gasteiger partial charge >= 0.3 is 12.1 Å². The number of carboxylic acids is 1. The molecule has 0 aliphatic heterocycles. The quantitative estimate of drug-likeness (QED) is 0.406. The molecule has 0 spiro atoms. The number of hydrogen-bond donors (Lipinski definition) is 3. The summed E-state index contributed by atoms with van der Waals surface area (Å²) in [6.45, 7) is 0. The number of nitro groups is 1. The van der Waals surface area contributed by atoms with Crippen LogP contribution in [0, 0.1) is 10.1 Å². The number of thioether (sulfide) groups is 1. The minimum Gasteiger partial charge on any atom is -0.475 e. The first kappa shape index (κ1) is 20.4. The maximum atomic E-state index is 10.7. The number of H-pyrrole nitrogens is 1. The van der Waals surface area contributed by atoms with Crippen LogP contribution in [0.3, 0.4) is 0 Å². The summed E-state index contributed by atoms with van der Waals surface area (Å²) in [5.74, 6) is -2.20. The van der Waals surface area contributed by atoms with Crippen LogP contribution in [0.1, 0.15) is 11.6 Å². The number of nitrogens with zero attached hydrogens (tertiary/aromatic N) is 3. The van der Waals surface area contributed by atoms with E-state index in [-0.39, 0.29) is 11.7 Å². The standard InChI is InChI=1S/C10H11N5O2S.C2HF3O2/c11-9(5-18-10-12-6-13-14-10)7-2-1-3-8(4-7)15(16)17;3-2(4,5)1(6)7/h1-4,6,9H,5,11H2,(H,12,13,14);(H,6,7). The van der Waals surface area contributed by atoms with Crippen molar-refractivity contribution in [3.05, 3.63) is 46.3 Å². The van der Waals surface area contributed by atoms with Crippen molar-refractivity contribution in [2.75, 3.05) is 5.75 Å². The van der Waals surface area contributed by atoms with Crippen LogP contribution in [0.2, 0.25) is 0 Å². The zero-order chi connectivity index (χ0) is 19.0. The molecule has 2 rings (SSSR count). The van der Waals surface area contributed by atoms with Gasteiger partial charge in [-0.3, -0.25) is 15.2 Å². The van der Waals surface area contributed by atoms with E-state index in [2.05, 4.69) is 15.2 Å². The van der Waals surface area contributed by atoms with Crippen molar-refractivity contribution in [3.8, 4) is 0 Å². The third-order valence-corrected chi connectivity index (χ3v) is 3.52. The van der Waals surface area contributed by atoms with E-state index in [0.29, 0.717) is 10.9 Å². The number of aromatic nitrogens is 3. The number of carbonyl (C=O) groups is 1. The number of alkyl halides is 3. The Morgan fingerprint density at radius 2 is 2.12 bits per heavy atom. The lowest BCUT2D eigenvalue weighted by atomic mass is 10.1. The zero-order valence-corrected chi connectivity index (χ0v) is 13.1. The summed E-state index contributed by atoms with van der Waals surface area (Å²) >= 11 is 1.40. The van der Waals surface area contributed by atoms with Gasteiger partial charge in [-0.05, 0) is 5.56 Å². The number of nitrogens with one attached hydrogen (secondary N) is 1. The van der Waals surface area contributed by atoms with Gasteiger partial charge in [-0.15, -0.1) is 5.10 Å². The number of rotatable bonds is 5. The number of nitrogens with two attached hydrogens (primary N) is 1. The van der Waals surface area contributed by atoms with Gasteiger partial charge in [0.05, 0.1) is 4.92 Å². The molecular weight excluding hydrogens is 367 g/mol. The summed E-state index contributed by atoms with van der Waals surface area (Å²) in [6.07, 6.45) is -3.60. The number of aliphatic carboxylic acids is 1. The summed E-state index contributed by atoms with van der Waals surface area (Å²) < 4.78 is 31.7. The van der Waals surface area contributed by atoms with E-state index in [1.165, 1.54) is 30.2 Å². The number of non-ortho nitro benzene ring substituents is 1. The monoisotopic (exact) mass is 379 g/mol. The highest BCUT2D eigenvalue weighted by Gasteiger charge is 2.38. The molecule has 1 aromatic carbocycles. The minimum absolute atomic E-state index is 0.0471. The van der Waals surface area contributed by atoms with Crippen LogP contribution in [-0.4, -0.2) is 43.1 Å². The molecule has 2 aromatic rings. The van der Waals surface area contributed by atoms with Gasteiger partial charge in [-0.25, -0.2) is 9.78 Å². The second-order valence-electron chi connectivity index (χ2n) is 4.35. The van der Waals surface area contributed by atoms with Crippen LogP contribution < -0.4 is 5.73 Å². The average Bonchev–Trinajstić information content (AvgIpc) is 3.05. The van der Waals surface area contributed by atoms with Gasteiger partial charge in [-0.1, -0.05) is 23.9 Å². The van der Waals surface area contributed by atoms with Crippen molar-refractivity contribution >= 4 is 23.4 Å². The van der Waals surface area contributed by atoms with Gasteiger partial charge in [-0.2, -0.15) is 13.2 Å². The van der Waals surface area contributed by atoms with Gasteiger partial charge in [0.25, 0.3) is 5.69 Å². The Kier molecular flexibility index (Phi) is 7.32. The molecule has 0 aliphatic carbocycles. The normalized spacial score (nSPS) is 12.0. The van der Waals surface area contributed by atoms with Crippen molar-refractivity contribution in [1.29, 1.82) is 0 Å². The predicted octanol–water partition coefficient (Wildman–Crippen LogP) is 2.14. The van der Waals surface area contributed by atoms with Crippen molar-refractivity contribution in [2.45, 2.75) is 17.4 Å². The molecule has 0 fully saturated rings.